The zero-order valence-corrected chi connectivity index (χ0v) is 13.0. The van der Waals surface area contributed by atoms with Crippen LogP contribution in [0.2, 0.25) is 5.15 Å². The standard InChI is InChI=1S/C12H14BrClN4/c1-12(2,3)9-8(13)10(14)16-11(15-9)7-5-6-18(4)17-7/h5-6H,1-4H3. The fourth-order valence-corrected chi connectivity index (χ4v) is 2.51. The van der Waals surface area contributed by atoms with Crippen molar-refractivity contribution in [2.75, 3.05) is 0 Å². The van der Waals surface area contributed by atoms with Crippen LogP contribution in [0.4, 0.5) is 0 Å². The first-order valence-electron chi connectivity index (χ1n) is 5.52. The van der Waals surface area contributed by atoms with Gasteiger partial charge < -0.3 is 0 Å². The molecule has 0 unspecified atom stereocenters. The molecule has 4 nitrogen and oxygen atoms in total. The van der Waals surface area contributed by atoms with Crippen molar-refractivity contribution in [3.8, 4) is 11.5 Å². The van der Waals surface area contributed by atoms with Gasteiger partial charge in [-0.3, -0.25) is 4.68 Å². The summed E-state index contributed by atoms with van der Waals surface area (Å²) >= 11 is 9.59. The highest BCUT2D eigenvalue weighted by molar-refractivity contribution is 9.10. The van der Waals surface area contributed by atoms with Crippen LogP contribution in [0.5, 0.6) is 0 Å². The topological polar surface area (TPSA) is 43.6 Å². The molecule has 0 radical (unpaired) electrons. The Labute approximate surface area is 120 Å². The zero-order valence-electron chi connectivity index (χ0n) is 10.7. The Bertz CT molecular complexity index is 586. The fraction of sp³-hybridized carbons (Fsp3) is 0.417. The summed E-state index contributed by atoms with van der Waals surface area (Å²) in [5, 5.41) is 4.71. The maximum Gasteiger partial charge on any atom is 0.181 e. The van der Waals surface area contributed by atoms with E-state index in [4.69, 9.17) is 11.6 Å². The number of halogens is 2. The predicted octanol–water partition coefficient (Wildman–Crippen LogP) is 3.59. The van der Waals surface area contributed by atoms with Crippen molar-refractivity contribution in [1.82, 2.24) is 19.7 Å². The van der Waals surface area contributed by atoms with Crippen LogP contribution in [0.1, 0.15) is 26.5 Å². The van der Waals surface area contributed by atoms with Gasteiger partial charge in [-0.25, -0.2) is 9.97 Å². The van der Waals surface area contributed by atoms with Crippen molar-refractivity contribution in [1.29, 1.82) is 0 Å². The van der Waals surface area contributed by atoms with Crippen LogP contribution in [-0.2, 0) is 12.5 Å². The zero-order chi connectivity index (χ0) is 13.5. The number of hydrogen-bond acceptors (Lipinski definition) is 3. The minimum absolute atomic E-state index is 0.116. The second-order valence-corrected chi connectivity index (χ2v) is 6.28. The molecule has 0 bridgehead atoms. The van der Waals surface area contributed by atoms with Crippen molar-refractivity contribution in [2.24, 2.45) is 7.05 Å². The van der Waals surface area contributed by atoms with Gasteiger partial charge >= 0.3 is 0 Å². The molecular weight excluding hydrogens is 316 g/mol. The number of rotatable bonds is 1. The Balaban J connectivity index is 2.61. The van der Waals surface area contributed by atoms with E-state index in [2.05, 4.69) is 51.8 Å². The summed E-state index contributed by atoms with van der Waals surface area (Å²) in [4.78, 5) is 8.83. The minimum atomic E-state index is -0.116. The highest BCUT2D eigenvalue weighted by Crippen LogP contribution is 2.33. The molecule has 0 aromatic carbocycles. The molecule has 18 heavy (non-hydrogen) atoms. The largest absolute Gasteiger partial charge is 0.275 e. The number of nitrogens with zero attached hydrogens (tertiary/aromatic N) is 4. The molecule has 0 N–H and O–H groups in total. The van der Waals surface area contributed by atoms with Crippen molar-refractivity contribution in [3.05, 3.63) is 27.6 Å². The van der Waals surface area contributed by atoms with Gasteiger partial charge in [-0.05, 0) is 22.0 Å². The first-order valence-corrected chi connectivity index (χ1v) is 6.69. The Morgan fingerprint density at radius 2 is 1.94 bits per heavy atom. The lowest BCUT2D eigenvalue weighted by Gasteiger charge is -2.20. The van der Waals surface area contributed by atoms with Gasteiger partial charge in [0.2, 0.25) is 0 Å². The molecule has 0 saturated heterocycles. The van der Waals surface area contributed by atoms with Gasteiger partial charge in [-0.15, -0.1) is 0 Å². The van der Waals surface area contributed by atoms with Gasteiger partial charge in [0.25, 0.3) is 0 Å². The van der Waals surface area contributed by atoms with Crippen LogP contribution in [0.25, 0.3) is 11.5 Å². The maximum atomic E-state index is 6.15. The van der Waals surface area contributed by atoms with Crippen molar-refractivity contribution < 1.29 is 0 Å². The molecular formula is C12H14BrClN4. The Hall–Kier alpha value is -0.940. The van der Waals surface area contributed by atoms with E-state index < -0.39 is 0 Å². The van der Waals surface area contributed by atoms with Gasteiger partial charge in [0.1, 0.15) is 10.8 Å². The first kappa shape index (κ1) is 13.5. The lowest BCUT2D eigenvalue weighted by molar-refractivity contribution is 0.564. The Kier molecular flexibility index (Phi) is 3.47. The molecule has 0 spiro atoms. The molecule has 0 aliphatic carbocycles. The maximum absolute atomic E-state index is 6.15. The molecule has 2 aromatic heterocycles. The van der Waals surface area contributed by atoms with E-state index in [9.17, 15) is 0 Å². The third kappa shape index (κ3) is 2.57. The van der Waals surface area contributed by atoms with E-state index >= 15 is 0 Å². The molecule has 2 aromatic rings. The molecule has 0 aliphatic rings. The van der Waals surface area contributed by atoms with E-state index in [1.807, 2.05) is 19.3 Å². The van der Waals surface area contributed by atoms with Crippen LogP contribution < -0.4 is 0 Å². The monoisotopic (exact) mass is 328 g/mol. The van der Waals surface area contributed by atoms with E-state index in [-0.39, 0.29) is 5.41 Å². The average Bonchev–Trinajstić information content (AvgIpc) is 2.67. The number of aromatic nitrogens is 4. The quantitative estimate of drug-likeness (QED) is 0.751. The summed E-state index contributed by atoms with van der Waals surface area (Å²) in [5.41, 5.74) is 1.48. The molecule has 2 heterocycles. The third-order valence-electron chi connectivity index (χ3n) is 2.46. The highest BCUT2D eigenvalue weighted by Gasteiger charge is 2.23. The van der Waals surface area contributed by atoms with Gasteiger partial charge in [0.15, 0.2) is 5.82 Å². The minimum Gasteiger partial charge on any atom is -0.275 e. The lowest BCUT2D eigenvalue weighted by Crippen LogP contribution is -2.16. The van der Waals surface area contributed by atoms with E-state index in [0.29, 0.717) is 11.0 Å². The summed E-state index contributed by atoms with van der Waals surface area (Å²) in [6.07, 6.45) is 1.85. The summed E-state index contributed by atoms with van der Waals surface area (Å²) in [6.45, 7) is 6.25. The molecule has 6 heteroatoms. The SMILES string of the molecule is Cn1ccc(-c2nc(Cl)c(Br)c(C(C)(C)C)n2)n1. The smallest absolute Gasteiger partial charge is 0.181 e. The summed E-state index contributed by atoms with van der Waals surface area (Å²) in [6, 6.07) is 1.87. The first-order chi connectivity index (χ1) is 8.29. The molecule has 0 saturated carbocycles. The van der Waals surface area contributed by atoms with Crippen LogP contribution in [-0.4, -0.2) is 19.7 Å². The summed E-state index contributed by atoms with van der Waals surface area (Å²) in [5.74, 6) is 0.550. The van der Waals surface area contributed by atoms with Crippen LogP contribution in [0, 0.1) is 0 Å². The molecule has 0 amide bonds. The van der Waals surface area contributed by atoms with Crippen molar-refractivity contribution >= 4 is 27.5 Å². The van der Waals surface area contributed by atoms with Gasteiger partial charge in [-0.1, -0.05) is 32.4 Å². The molecule has 0 atom stereocenters. The Morgan fingerprint density at radius 1 is 1.28 bits per heavy atom. The lowest BCUT2D eigenvalue weighted by atomic mass is 9.92. The third-order valence-corrected chi connectivity index (χ3v) is 3.72. The van der Waals surface area contributed by atoms with E-state index in [1.165, 1.54) is 0 Å². The molecule has 96 valence electrons. The van der Waals surface area contributed by atoms with E-state index in [0.717, 1.165) is 15.9 Å². The average molecular weight is 330 g/mol. The van der Waals surface area contributed by atoms with Crippen LogP contribution in [0.15, 0.2) is 16.7 Å². The fourth-order valence-electron chi connectivity index (χ4n) is 1.57. The van der Waals surface area contributed by atoms with Gasteiger partial charge in [0.05, 0.1) is 10.2 Å². The predicted molar refractivity (Wildman–Crippen MR) is 75.6 cm³/mol. The normalized spacial score (nSPS) is 11.9. The molecule has 2 rings (SSSR count). The van der Waals surface area contributed by atoms with Crippen molar-refractivity contribution in [2.45, 2.75) is 26.2 Å². The second-order valence-electron chi connectivity index (χ2n) is 5.13. The van der Waals surface area contributed by atoms with Gasteiger partial charge in [0, 0.05) is 18.7 Å². The highest BCUT2D eigenvalue weighted by atomic mass is 79.9. The number of aryl methyl sites for hydroxylation is 1. The Morgan fingerprint density at radius 3 is 2.44 bits per heavy atom. The molecule has 0 aliphatic heterocycles. The molecule has 0 fully saturated rings. The summed E-state index contributed by atoms with van der Waals surface area (Å²) < 4.78 is 2.46. The van der Waals surface area contributed by atoms with Crippen LogP contribution in [0.3, 0.4) is 0 Å². The van der Waals surface area contributed by atoms with Crippen molar-refractivity contribution in [3.63, 3.8) is 0 Å². The van der Waals surface area contributed by atoms with E-state index in [1.54, 1.807) is 4.68 Å². The van der Waals surface area contributed by atoms with Gasteiger partial charge in [-0.2, -0.15) is 5.10 Å². The number of hydrogen-bond donors (Lipinski definition) is 0. The van der Waals surface area contributed by atoms with Crippen LogP contribution >= 0.6 is 27.5 Å². The summed E-state index contributed by atoms with van der Waals surface area (Å²) in [7, 11) is 1.86. The second kappa shape index (κ2) is 4.63.